The van der Waals surface area contributed by atoms with Crippen molar-refractivity contribution in [1.29, 1.82) is 0 Å². The minimum absolute atomic E-state index is 0.338. The fourth-order valence-electron chi connectivity index (χ4n) is 3.19. The molecule has 0 radical (unpaired) electrons. The van der Waals surface area contributed by atoms with E-state index in [2.05, 4.69) is 10.5 Å². The van der Waals surface area contributed by atoms with Gasteiger partial charge < -0.3 is 9.47 Å². The molecule has 5 nitrogen and oxygen atoms in total. The van der Waals surface area contributed by atoms with Crippen LogP contribution >= 0.6 is 11.6 Å². The van der Waals surface area contributed by atoms with Gasteiger partial charge in [-0.15, -0.1) is 0 Å². The van der Waals surface area contributed by atoms with Crippen LogP contribution in [-0.4, -0.2) is 18.2 Å². The first kappa shape index (κ1) is 22.4. The summed E-state index contributed by atoms with van der Waals surface area (Å²) in [6.45, 7) is 2.11. The maximum Gasteiger partial charge on any atom is 0.280 e. The average molecular weight is 459 g/mol. The first-order chi connectivity index (χ1) is 16.1. The highest BCUT2D eigenvalue weighted by molar-refractivity contribution is 6.30. The van der Waals surface area contributed by atoms with E-state index in [0.717, 1.165) is 21.9 Å². The SMILES string of the molecule is C[C@H](Oc1ccc2ccccc2c1)C(=O)N/N=C\c1cccc(OCc2ccc(Cl)cc2)c1. The highest BCUT2D eigenvalue weighted by Crippen LogP contribution is 2.21. The molecule has 4 rings (SSSR count). The summed E-state index contributed by atoms with van der Waals surface area (Å²) in [7, 11) is 0. The molecule has 0 unspecified atom stereocenters. The standard InChI is InChI=1S/C27H23ClN2O3/c1-19(33-26-14-11-22-6-2-3-7-23(22)16-26)27(31)30-29-17-21-5-4-8-25(15-21)32-18-20-9-12-24(28)13-10-20/h2-17,19H,18H2,1H3,(H,30,31)/b29-17-/t19-/m0/s1. The maximum atomic E-state index is 12.4. The molecular formula is C27H23ClN2O3. The van der Waals surface area contributed by atoms with Crippen molar-refractivity contribution in [3.63, 3.8) is 0 Å². The molecule has 0 fully saturated rings. The normalized spacial score (nSPS) is 11.9. The second-order valence-corrected chi connectivity index (χ2v) is 7.93. The number of nitrogens with one attached hydrogen (secondary N) is 1. The lowest BCUT2D eigenvalue weighted by Gasteiger charge is -2.13. The van der Waals surface area contributed by atoms with Crippen molar-refractivity contribution in [3.05, 3.63) is 107 Å². The predicted octanol–water partition coefficient (Wildman–Crippen LogP) is 5.99. The molecule has 33 heavy (non-hydrogen) atoms. The molecule has 6 heteroatoms. The lowest BCUT2D eigenvalue weighted by Crippen LogP contribution is -2.33. The highest BCUT2D eigenvalue weighted by Gasteiger charge is 2.14. The minimum Gasteiger partial charge on any atom is -0.489 e. The Hall–Kier alpha value is -3.83. The van der Waals surface area contributed by atoms with Gasteiger partial charge in [0.1, 0.15) is 18.1 Å². The number of carbonyl (C=O) groups is 1. The van der Waals surface area contributed by atoms with E-state index in [9.17, 15) is 4.79 Å². The van der Waals surface area contributed by atoms with Gasteiger partial charge in [-0.05, 0) is 65.2 Å². The van der Waals surface area contributed by atoms with Crippen molar-refractivity contribution in [2.45, 2.75) is 19.6 Å². The van der Waals surface area contributed by atoms with E-state index in [1.807, 2.05) is 91.0 Å². The van der Waals surface area contributed by atoms with E-state index >= 15 is 0 Å². The lowest BCUT2D eigenvalue weighted by molar-refractivity contribution is -0.127. The van der Waals surface area contributed by atoms with Crippen LogP contribution in [0.2, 0.25) is 5.02 Å². The Labute approximate surface area is 197 Å². The van der Waals surface area contributed by atoms with Gasteiger partial charge in [0.05, 0.1) is 6.21 Å². The van der Waals surface area contributed by atoms with Crippen LogP contribution in [0.3, 0.4) is 0 Å². The molecule has 0 saturated carbocycles. The molecule has 0 aliphatic rings. The summed E-state index contributed by atoms with van der Waals surface area (Å²) in [4.78, 5) is 12.4. The largest absolute Gasteiger partial charge is 0.489 e. The number of ether oxygens (including phenoxy) is 2. The van der Waals surface area contributed by atoms with Gasteiger partial charge in [0.25, 0.3) is 5.91 Å². The van der Waals surface area contributed by atoms with Crippen molar-refractivity contribution >= 4 is 34.5 Å². The molecule has 1 N–H and O–H groups in total. The summed E-state index contributed by atoms with van der Waals surface area (Å²) in [6, 6.07) is 28.7. The number of hydrazone groups is 1. The van der Waals surface area contributed by atoms with Crippen LogP contribution in [0.5, 0.6) is 11.5 Å². The highest BCUT2D eigenvalue weighted by atomic mass is 35.5. The molecule has 1 amide bonds. The molecule has 166 valence electrons. The Kier molecular flexibility index (Phi) is 7.22. The molecule has 4 aromatic rings. The first-order valence-corrected chi connectivity index (χ1v) is 10.9. The van der Waals surface area contributed by atoms with Crippen molar-refractivity contribution in [1.82, 2.24) is 5.43 Å². The van der Waals surface area contributed by atoms with Crippen LogP contribution in [0.15, 0.2) is 96.1 Å². The number of amides is 1. The number of benzene rings is 4. The van der Waals surface area contributed by atoms with Gasteiger partial charge in [-0.1, -0.05) is 66.2 Å². The van der Waals surface area contributed by atoms with Gasteiger partial charge in [0.15, 0.2) is 6.10 Å². The van der Waals surface area contributed by atoms with Crippen LogP contribution in [0, 0.1) is 0 Å². The Morgan fingerprint density at radius 2 is 1.73 bits per heavy atom. The number of hydrogen-bond donors (Lipinski definition) is 1. The Morgan fingerprint density at radius 3 is 2.55 bits per heavy atom. The van der Waals surface area contributed by atoms with Crippen molar-refractivity contribution in [3.8, 4) is 11.5 Å². The van der Waals surface area contributed by atoms with Gasteiger partial charge in [0.2, 0.25) is 0 Å². The average Bonchev–Trinajstić information content (AvgIpc) is 2.84. The minimum atomic E-state index is -0.697. The quantitative estimate of drug-likeness (QED) is 0.260. The molecular weight excluding hydrogens is 436 g/mol. The van der Waals surface area contributed by atoms with Crippen molar-refractivity contribution in [2.75, 3.05) is 0 Å². The topological polar surface area (TPSA) is 59.9 Å². The van der Waals surface area contributed by atoms with Crippen molar-refractivity contribution in [2.24, 2.45) is 5.10 Å². The third kappa shape index (κ3) is 6.34. The molecule has 4 aromatic carbocycles. The molecule has 1 atom stereocenters. The van der Waals surface area contributed by atoms with E-state index < -0.39 is 6.10 Å². The van der Waals surface area contributed by atoms with E-state index in [1.165, 1.54) is 0 Å². The molecule has 0 aliphatic heterocycles. The summed E-state index contributed by atoms with van der Waals surface area (Å²) in [5.74, 6) is 0.994. The number of carbonyl (C=O) groups excluding carboxylic acids is 1. The van der Waals surface area contributed by atoms with Crippen LogP contribution < -0.4 is 14.9 Å². The Bertz CT molecular complexity index is 1270. The van der Waals surface area contributed by atoms with Gasteiger partial charge in [-0.2, -0.15) is 5.10 Å². The van der Waals surface area contributed by atoms with Crippen molar-refractivity contribution < 1.29 is 14.3 Å². The molecule has 0 heterocycles. The molecule has 0 saturated heterocycles. The zero-order valence-electron chi connectivity index (χ0n) is 18.1. The summed E-state index contributed by atoms with van der Waals surface area (Å²) in [5.41, 5.74) is 4.34. The third-order valence-corrected chi connectivity index (χ3v) is 5.22. The number of fused-ring (bicyclic) bond motifs is 1. The van der Waals surface area contributed by atoms with E-state index in [1.54, 1.807) is 13.1 Å². The lowest BCUT2D eigenvalue weighted by atomic mass is 10.1. The summed E-state index contributed by atoms with van der Waals surface area (Å²) in [6.07, 6.45) is 0.868. The van der Waals surface area contributed by atoms with Gasteiger partial charge in [0, 0.05) is 5.02 Å². The van der Waals surface area contributed by atoms with Crippen LogP contribution in [-0.2, 0) is 11.4 Å². The molecule has 0 spiro atoms. The van der Waals surface area contributed by atoms with Crippen LogP contribution in [0.4, 0.5) is 0 Å². The van der Waals surface area contributed by atoms with E-state index in [-0.39, 0.29) is 5.91 Å². The first-order valence-electron chi connectivity index (χ1n) is 10.5. The maximum absolute atomic E-state index is 12.4. The smallest absolute Gasteiger partial charge is 0.280 e. The Balaban J connectivity index is 1.29. The number of nitrogens with zero attached hydrogens (tertiary/aromatic N) is 1. The zero-order valence-corrected chi connectivity index (χ0v) is 18.8. The second kappa shape index (κ2) is 10.7. The van der Waals surface area contributed by atoms with E-state index in [0.29, 0.717) is 23.1 Å². The fourth-order valence-corrected chi connectivity index (χ4v) is 3.32. The fraction of sp³-hybridized carbons (Fsp3) is 0.111. The van der Waals surface area contributed by atoms with E-state index in [4.69, 9.17) is 21.1 Å². The summed E-state index contributed by atoms with van der Waals surface area (Å²) in [5, 5.41) is 6.91. The predicted molar refractivity (Wildman–Crippen MR) is 132 cm³/mol. The van der Waals surface area contributed by atoms with Gasteiger partial charge >= 0.3 is 0 Å². The number of hydrogen-bond acceptors (Lipinski definition) is 4. The third-order valence-electron chi connectivity index (χ3n) is 4.97. The number of halogens is 1. The zero-order chi connectivity index (χ0) is 23.0. The monoisotopic (exact) mass is 458 g/mol. The molecule has 0 aromatic heterocycles. The number of rotatable bonds is 8. The van der Waals surface area contributed by atoms with Crippen LogP contribution in [0.1, 0.15) is 18.1 Å². The molecule has 0 bridgehead atoms. The summed E-state index contributed by atoms with van der Waals surface area (Å²) < 4.78 is 11.6. The Morgan fingerprint density at radius 1 is 0.939 bits per heavy atom. The summed E-state index contributed by atoms with van der Waals surface area (Å²) >= 11 is 5.91. The van der Waals surface area contributed by atoms with Gasteiger partial charge in [-0.3, -0.25) is 4.79 Å². The molecule has 0 aliphatic carbocycles. The second-order valence-electron chi connectivity index (χ2n) is 7.49. The van der Waals surface area contributed by atoms with Crippen LogP contribution in [0.25, 0.3) is 10.8 Å². The van der Waals surface area contributed by atoms with Gasteiger partial charge in [-0.25, -0.2) is 5.43 Å².